The second-order valence-electron chi connectivity index (χ2n) is 3.60. The molecule has 0 aromatic carbocycles. The summed E-state index contributed by atoms with van der Waals surface area (Å²) in [5.41, 5.74) is 5.09. The molecule has 0 aromatic rings. The van der Waals surface area contributed by atoms with Gasteiger partial charge in [0, 0.05) is 6.92 Å². The highest BCUT2D eigenvalue weighted by atomic mass is 16.5. The summed E-state index contributed by atoms with van der Waals surface area (Å²) in [6.07, 6.45) is 4.32. The largest absolute Gasteiger partial charge is 0.462 e. The maximum atomic E-state index is 10.8. The molecule has 0 rings (SSSR count). The molecule has 0 saturated carbocycles. The average molecular weight is 213 g/mol. The standard InChI is InChI=1S/C11H19NO3/c1-4-5-6-8(2)10(7-11(12)14)15-9(3)13/h4-5,8,10H,6-7H2,1-3H3,(H2,12,14)/b5-4+/t8-,10+/m1/s1. The van der Waals surface area contributed by atoms with Gasteiger partial charge in [0.2, 0.25) is 5.91 Å². The molecule has 0 aliphatic rings. The highest BCUT2D eigenvalue weighted by Crippen LogP contribution is 2.16. The number of hydrogen-bond acceptors (Lipinski definition) is 3. The first-order valence-electron chi connectivity index (χ1n) is 5.04. The SMILES string of the molecule is C/C=C/C[C@@H](C)[C@H](CC(N)=O)OC(C)=O. The molecule has 0 spiro atoms. The van der Waals surface area contributed by atoms with Crippen LogP contribution in [0.2, 0.25) is 0 Å². The molecule has 0 bridgehead atoms. The van der Waals surface area contributed by atoms with Crippen molar-refractivity contribution in [3.63, 3.8) is 0 Å². The first-order valence-corrected chi connectivity index (χ1v) is 5.04. The first-order chi connectivity index (χ1) is 6.97. The Balaban J connectivity index is 4.32. The van der Waals surface area contributed by atoms with Gasteiger partial charge in [0.1, 0.15) is 6.10 Å². The van der Waals surface area contributed by atoms with Crippen LogP contribution in [-0.2, 0) is 14.3 Å². The first kappa shape index (κ1) is 13.7. The molecule has 2 atom stereocenters. The van der Waals surface area contributed by atoms with Gasteiger partial charge in [-0.1, -0.05) is 19.1 Å². The lowest BCUT2D eigenvalue weighted by Gasteiger charge is -2.21. The van der Waals surface area contributed by atoms with E-state index in [9.17, 15) is 9.59 Å². The maximum Gasteiger partial charge on any atom is 0.302 e. The van der Waals surface area contributed by atoms with Crippen molar-refractivity contribution < 1.29 is 14.3 Å². The van der Waals surface area contributed by atoms with Crippen LogP contribution in [0.3, 0.4) is 0 Å². The van der Waals surface area contributed by atoms with Gasteiger partial charge in [0.15, 0.2) is 0 Å². The number of hydrogen-bond donors (Lipinski definition) is 1. The molecule has 86 valence electrons. The Morgan fingerprint density at radius 2 is 2.07 bits per heavy atom. The van der Waals surface area contributed by atoms with E-state index >= 15 is 0 Å². The molecule has 0 saturated heterocycles. The lowest BCUT2D eigenvalue weighted by molar-refractivity contribution is -0.150. The van der Waals surface area contributed by atoms with Gasteiger partial charge in [-0.05, 0) is 19.3 Å². The Morgan fingerprint density at radius 1 is 1.47 bits per heavy atom. The molecule has 4 heteroatoms. The average Bonchev–Trinajstić information content (AvgIpc) is 2.11. The van der Waals surface area contributed by atoms with E-state index < -0.39 is 12.0 Å². The van der Waals surface area contributed by atoms with Gasteiger partial charge in [0.25, 0.3) is 0 Å². The number of allylic oxidation sites excluding steroid dienone is 2. The fourth-order valence-corrected chi connectivity index (χ4v) is 1.27. The summed E-state index contributed by atoms with van der Waals surface area (Å²) in [5, 5.41) is 0. The topological polar surface area (TPSA) is 69.4 Å². The van der Waals surface area contributed by atoms with Crippen LogP contribution in [0, 0.1) is 5.92 Å². The third-order valence-electron chi connectivity index (χ3n) is 2.10. The zero-order valence-corrected chi connectivity index (χ0v) is 9.53. The summed E-state index contributed by atoms with van der Waals surface area (Å²) in [5.74, 6) is -0.736. The Labute approximate surface area is 90.5 Å². The summed E-state index contributed by atoms with van der Waals surface area (Å²) in [4.78, 5) is 21.6. The number of nitrogens with two attached hydrogens (primary N) is 1. The zero-order valence-electron chi connectivity index (χ0n) is 9.53. The monoisotopic (exact) mass is 213 g/mol. The van der Waals surface area contributed by atoms with Gasteiger partial charge in [-0.3, -0.25) is 9.59 Å². The van der Waals surface area contributed by atoms with Crippen LogP contribution in [0.25, 0.3) is 0 Å². The van der Waals surface area contributed by atoms with Crippen molar-refractivity contribution in [3.05, 3.63) is 12.2 Å². The number of rotatable bonds is 6. The fourth-order valence-electron chi connectivity index (χ4n) is 1.27. The quantitative estimate of drug-likeness (QED) is 0.535. The van der Waals surface area contributed by atoms with Gasteiger partial charge >= 0.3 is 5.97 Å². The minimum atomic E-state index is -0.450. The Hall–Kier alpha value is -1.32. The molecule has 15 heavy (non-hydrogen) atoms. The minimum Gasteiger partial charge on any atom is -0.462 e. The van der Waals surface area contributed by atoms with Crippen LogP contribution >= 0.6 is 0 Å². The Morgan fingerprint density at radius 3 is 2.47 bits per heavy atom. The number of esters is 1. The van der Waals surface area contributed by atoms with E-state index in [-0.39, 0.29) is 18.3 Å². The lowest BCUT2D eigenvalue weighted by atomic mass is 9.97. The van der Waals surface area contributed by atoms with E-state index in [4.69, 9.17) is 10.5 Å². The molecule has 1 amide bonds. The second-order valence-corrected chi connectivity index (χ2v) is 3.60. The smallest absolute Gasteiger partial charge is 0.302 e. The molecule has 0 radical (unpaired) electrons. The fraction of sp³-hybridized carbons (Fsp3) is 0.636. The summed E-state index contributed by atoms with van der Waals surface area (Å²) < 4.78 is 5.05. The van der Waals surface area contributed by atoms with Crippen LogP contribution in [0.15, 0.2) is 12.2 Å². The van der Waals surface area contributed by atoms with Crippen LogP contribution in [0.4, 0.5) is 0 Å². The predicted octanol–water partition coefficient (Wildman–Crippen LogP) is 1.40. The number of amides is 1. The van der Waals surface area contributed by atoms with E-state index in [0.717, 1.165) is 6.42 Å². The van der Waals surface area contributed by atoms with E-state index in [1.54, 1.807) is 0 Å². The molecular formula is C11H19NO3. The maximum absolute atomic E-state index is 10.8. The molecule has 0 fully saturated rings. The van der Waals surface area contributed by atoms with Gasteiger partial charge in [-0.15, -0.1) is 0 Å². The van der Waals surface area contributed by atoms with Gasteiger partial charge in [-0.2, -0.15) is 0 Å². The molecule has 0 aliphatic carbocycles. The summed E-state index contributed by atoms with van der Waals surface area (Å²) >= 11 is 0. The number of carbonyl (C=O) groups excluding carboxylic acids is 2. The van der Waals surface area contributed by atoms with Crippen molar-refractivity contribution in [3.8, 4) is 0 Å². The van der Waals surface area contributed by atoms with Crippen LogP contribution in [0.1, 0.15) is 33.6 Å². The van der Waals surface area contributed by atoms with Crippen molar-refractivity contribution >= 4 is 11.9 Å². The van der Waals surface area contributed by atoms with Gasteiger partial charge in [0.05, 0.1) is 6.42 Å². The molecule has 0 aromatic heterocycles. The van der Waals surface area contributed by atoms with E-state index in [0.29, 0.717) is 0 Å². The van der Waals surface area contributed by atoms with Crippen molar-refractivity contribution in [1.29, 1.82) is 0 Å². The lowest BCUT2D eigenvalue weighted by Crippen LogP contribution is -2.29. The molecule has 0 heterocycles. The third-order valence-corrected chi connectivity index (χ3v) is 2.10. The zero-order chi connectivity index (χ0) is 11.8. The molecular weight excluding hydrogens is 194 g/mol. The van der Waals surface area contributed by atoms with E-state index in [1.807, 2.05) is 26.0 Å². The highest BCUT2D eigenvalue weighted by molar-refractivity contribution is 5.75. The summed E-state index contributed by atoms with van der Waals surface area (Å²) in [7, 11) is 0. The van der Waals surface area contributed by atoms with E-state index in [1.165, 1.54) is 6.92 Å². The van der Waals surface area contributed by atoms with Gasteiger partial charge in [-0.25, -0.2) is 0 Å². The molecule has 0 unspecified atom stereocenters. The number of primary amides is 1. The van der Waals surface area contributed by atoms with E-state index in [2.05, 4.69) is 0 Å². The third kappa shape index (κ3) is 6.71. The van der Waals surface area contributed by atoms with Crippen molar-refractivity contribution in [2.24, 2.45) is 11.7 Å². The second kappa shape index (κ2) is 7.04. The van der Waals surface area contributed by atoms with Crippen LogP contribution < -0.4 is 5.73 Å². The summed E-state index contributed by atoms with van der Waals surface area (Å²) in [6, 6.07) is 0. The Bertz CT molecular complexity index is 232. The minimum absolute atomic E-state index is 0.0816. The predicted molar refractivity (Wildman–Crippen MR) is 58.0 cm³/mol. The van der Waals surface area contributed by atoms with Crippen molar-refractivity contribution in [1.82, 2.24) is 0 Å². The normalized spacial score (nSPS) is 14.9. The molecule has 0 aliphatic heterocycles. The highest BCUT2D eigenvalue weighted by Gasteiger charge is 2.21. The number of carbonyl (C=O) groups is 2. The Kier molecular flexibility index (Phi) is 6.42. The molecule has 2 N–H and O–H groups in total. The van der Waals surface area contributed by atoms with Crippen LogP contribution in [0.5, 0.6) is 0 Å². The van der Waals surface area contributed by atoms with Crippen LogP contribution in [-0.4, -0.2) is 18.0 Å². The van der Waals surface area contributed by atoms with Crippen molar-refractivity contribution in [2.75, 3.05) is 0 Å². The summed E-state index contributed by atoms with van der Waals surface area (Å²) in [6.45, 7) is 5.18. The number of ether oxygens (including phenoxy) is 1. The van der Waals surface area contributed by atoms with Gasteiger partial charge < -0.3 is 10.5 Å². The van der Waals surface area contributed by atoms with Crippen molar-refractivity contribution in [2.45, 2.75) is 39.7 Å². The molecule has 4 nitrogen and oxygen atoms in total.